The highest BCUT2D eigenvalue weighted by atomic mass is 127. The molecule has 0 aliphatic carbocycles. The van der Waals surface area contributed by atoms with Crippen LogP contribution in [-0.2, 0) is 9.53 Å². The summed E-state index contributed by atoms with van der Waals surface area (Å²) in [6, 6.07) is 1.51. The third-order valence-electron chi connectivity index (χ3n) is 2.51. The van der Waals surface area contributed by atoms with E-state index in [1.54, 1.807) is 6.92 Å². The van der Waals surface area contributed by atoms with Crippen LogP contribution in [0.5, 0.6) is 0 Å². The van der Waals surface area contributed by atoms with E-state index in [4.69, 9.17) is 10.5 Å². The molecule has 10 heteroatoms. The molecule has 1 unspecified atom stereocenters. The molecule has 0 aliphatic heterocycles. The lowest BCUT2D eigenvalue weighted by molar-refractivity contribution is -0.114. The van der Waals surface area contributed by atoms with E-state index < -0.39 is 35.6 Å². The quantitative estimate of drug-likeness (QED) is 0.268. The van der Waals surface area contributed by atoms with E-state index in [1.165, 1.54) is 7.11 Å². The van der Waals surface area contributed by atoms with Crippen molar-refractivity contribution in [1.29, 1.82) is 0 Å². The van der Waals surface area contributed by atoms with E-state index >= 15 is 0 Å². The van der Waals surface area contributed by atoms with Crippen molar-refractivity contribution in [3.8, 4) is 0 Å². The van der Waals surface area contributed by atoms with Crippen molar-refractivity contribution in [2.24, 2.45) is 10.7 Å². The van der Waals surface area contributed by atoms with Gasteiger partial charge in [-0.05, 0) is 19.1 Å². The van der Waals surface area contributed by atoms with E-state index in [0.29, 0.717) is 12.7 Å². The maximum Gasteiger partial charge on any atom is 0.246 e. The molecule has 0 aliphatic rings. The fourth-order valence-electron chi connectivity index (χ4n) is 1.56. The Kier molecular flexibility index (Phi) is 9.56. The first-order chi connectivity index (χ1) is 10.3. The smallest absolute Gasteiger partial charge is 0.246 e. The summed E-state index contributed by atoms with van der Waals surface area (Å²) in [6.07, 6.45) is 0. The van der Waals surface area contributed by atoms with Crippen LogP contribution in [0.25, 0.3) is 0 Å². The summed E-state index contributed by atoms with van der Waals surface area (Å²) in [5.74, 6) is -5.19. The maximum atomic E-state index is 13.4. The number of nitrogens with one attached hydrogen (secondary N) is 2. The number of anilines is 1. The predicted octanol–water partition coefficient (Wildman–Crippen LogP) is 1.60. The predicted molar refractivity (Wildman–Crippen MR) is 91.3 cm³/mol. The van der Waals surface area contributed by atoms with Crippen LogP contribution in [0, 0.1) is 17.5 Å². The van der Waals surface area contributed by atoms with Crippen molar-refractivity contribution in [3.63, 3.8) is 0 Å². The van der Waals surface area contributed by atoms with E-state index in [1.807, 2.05) is 0 Å². The van der Waals surface area contributed by atoms with Crippen LogP contribution in [0.3, 0.4) is 0 Å². The summed E-state index contributed by atoms with van der Waals surface area (Å²) in [4.78, 5) is 15.3. The van der Waals surface area contributed by atoms with Crippen molar-refractivity contribution in [2.75, 3.05) is 25.6 Å². The number of halogens is 4. The Bertz CT molecular complexity index is 572. The Morgan fingerprint density at radius 3 is 2.61 bits per heavy atom. The Morgan fingerprint density at radius 2 is 2.00 bits per heavy atom. The van der Waals surface area contributed by atoms with Crippen LogP contribution in [0.1, 0.15) is 6.92 Å². The summed E-state index contributed by atoms with van der Waals surface area (Å²) < 4.78 is 44.0. The Balaban J connectivity index is 0.00000484. The van der Waals surface area contributed by atoms with Gasteiger partial charge in [-0.2, -0.15) is 0 Å². The van der Waals surface area contributed by atoms with Crippen LogP contribution in [0.2, 0.25) is 0 Å². The molecular formula is C13H18F3IN4O2. The molecule has 1 aromatic rings. The zero-order chi connectivity index (χ0) is 16.7. The Labute approximate surface area is 148 Å². The average Bonchev–Trinajstić information content (AvgIpc) is 2.46. The van der Waals surface area contributed by atoms with Gasteiger partial charge in [0.15, 0.2) is 23.4 Å². The minimum Gasteiger partial charge on any atom is -0.383 e. The molecule has 4 N–H and O–H groups in total. The van der Waals surface area contributed by atoms with Crippen LogP contribution in [0.4, 0.5) is 18.9 Å². The van der Waals surface area contributed by atoms with Gasteiger partial charge >= 0.3 is 0 Å². The first-order valence-electron chi connectivity index (χ1n) is 6.34. The van der Waals surface area contributed by atoms with Gasteiger partial charge in [0.2, 0.25) is 5.91 Å². The van der Waals surface area contributed by atoms with Crippen molar-refractivity contribution < 1.29 is 22.7 Å². The monoisotopic (exact) mass is 446 g/mol. The fraction of sp³-hybridized carbons (Fsp3) is 0.385. The van der Waals surface area contributed by atoms with Gasteiger partial charge < -0.3 is 21.1 Å². The third kappa shape index (κ3) is 7.03. The zero-order valence-electron chi connectivity index (χ0n) is 12.5. The fourth-order valence-corrected chi connectivity index (χ4v) is 1.56. The van der Waals surface area contributed by atoms with Gasteiger partial charge in [-0.1, -0.05) is 0 Å². The Hall–Kier alpha value is -1.56. The highest BCUT2D eigenvalue weighted by molar-refractivity contribution is 14.0. The average molecular weight is 446 g/mol. The molecule has 23 heavy (non-hydrogen) atoms. The summed E-state index contributed by atoms with van der Waals surface area (Å²) >= 11 is 0. The first kappa shape index (κ1) is 21.4. The van der Waals surface area contributed by atoms with Crippen molar-refractivity contribution in [1.82, 2.24) is 5.32 Å². The number of nitrogens with zero attached hydrogens (tertiary/aromatic N) is 1. The molecule has 0 saturated heterocycles. The topological polar surface area (TPSA) is 88.7 Å². The highest BCUT2D eigenvalue weighted by Gasteiger charge is 2.15. The first-order valence-corrected chi connectivity index (χ1v) is 6.34. The molecule has 0 spiro atoms. The van der Waals surface area contributed by atoms with Gasteiger partial charge in [-0.3, -0.25) is 4.79 Å². The van der Waals surface area contributed by atoms with E-state index in [-0.39, 0.29) is 36.0 Å². The van der Waals surface area contributed by atoms with Crippen LogP contribution >= 0.6 is 24.0 Å². The number of carbonyl (C=O) groups is 1. The summed E-state index contributed by atoms with van der Waals surface area (Å²) in [5.41, 5.74) is 5.07. The number of benzene rings is 1. The lowest BCUT2D eigenvalue weighted by Gasteiger charge is -2.13. The second-order valence-corrected chi connectivity index (χ2v) is 4.47. The maximum absolute atomic E-state index is 13.4. The number of rotatable bonds is 6. The molecule has 0 aromatic heterocycles. The number of ether oxygens (including phenoxy) is 1. The largest absolute Gasteiger partial charge is 0.383 e. The lowest BCUT2D eigenvalue weighted by Crippen LogP contribution is -2.41. The van der Waals surface area contributed by atoms with Gasteiger partial charge in [0.1, 0.15) is 6.54 Å². The molecule has 0 heterocycles. The molecule has 1 atom stereocenters. The number of hydrogen-bond donors (Lipinski definition) is 3. The molecule has 130 valence electrons. The van der Waals surface area contributed by atoms with E-state index in [2.05, 4.69) is 15.6 Å². The number of amides is 1. The minimum atomic E-state index is -1.66. The molecule has 1 rings (SSSR count). The number of aliphatic imine (C=N–C) groups is 1. The lowest BCUT2D eigenvalue weighted by atomic mass is 10.3. The number of methoxy groups -OCH3 is 1. The normalized spacial score (nSPS) is 12.3. The van der Waals surface area contributed by atoms with Crippen molar-refractivity contribution in [3.05, 3.63) is 29.6 Å². The van der Waals surface area contributed by atoms with Crippen LogP contribution in [0.15, 0.2) is 17.1 Å². The molecule has 1 aromatic carbocycles. The molecule has 0 bridgehead atoms. The molecule has 6 nitrogen and oxygen atoms in total. The van der Waals surface area contributed by atoms with E-state index in [9.17, 15) is 18.0 Å². The Morgan fingerprint density at radius 1 is 1.35 bits per heavy atom. The van der Waals surface area contributed by atoms with Crippen LogP contribution in [-0.4, -0.2) is 38.2 Å². The zero-order valence-corrected chi connectivity index (χ0v) is 14.9. The molecule has 0 radical (unpaired) electrons. The van der Waals surface area contributed by atoms with Crippen LogP contribution < -0.4 is 16.4 Å². The second kappa shape index (κ2) is 10.3. The van der Waals surface area contributed by atoms with Gasteiger partial charge in [-0.25, -0.2) is 18.2 Å². The van der Waals surface area contributed by atoms with Crippen molar-refractivity contribution in [2.45, 2.75) is 13.0 Å². The summed E-state index contributed by atoms with van der Waals surface area (Å²) in [5, 5.41) is 4.84. The van der Waals surface area contributed by atoms with Gasteiger partial charge in [0.25, 0.3) is 0 Å². The highest BCUT2D eigenvalue weighted by Crippen LogP contribution is 2.19. The number of carbonyl (C=O) groups excluding carboxylic acids is 1. The summed E-state index contributed by atoms with van der Waals surface area (Å²) in [7, 11) is 1.52. The molecule has 0 fully saturated rings. The molecular weight excluding hydrogens is 428 g/mol. The van der Waals surface area contributed by atoms with Crippen molar-refractivity contribution >= 4 is 41.5 Å². The second-order valence-electron chi connectivity index (χ2n) is 4.47. The summed E-state index contributed by atoms with van der Waals surface area (Å²) in [6.45, 7) is 1.78. The number of guanidine groups is 1. The van der Waals surface area contributed by atoms with Gasteiger partial charge in [0, 0.05) is 13.2 Å². The molecule has 0 saturated carbocycles. The SMILES string of the molecule is COCC(C)NC(N)=NCC(=O)Nc1ccc(F)c(F)c1F.I. The van der Waals surface area contributed by atoms with Gasteiger partial charge in [0.05, 0.1) is 12.3 Å². The van der Waals surface area contributed by atoms with Gasteiger partial charge in [-0.15, -0.1) is 24.0 Å². The standard InChI is InChI=1S/C13H17F3N4O2.HI/c1-7(6-22-2)19-13(17)18-5-10(21)20-9-4-3-8(14)11(15)12(9)16;/h3-4,7H,5-6H2,1-2H3,(H,20,21)(H3,17,18,19);1H. The number of hydrogen-bond acceptors (Lipinski definition) is 3. The molecule has 1 amide bonds. The number of nitrogens with two attached hydrogens (primary N) is 1. The third-order valence-corrected chi connectivity index (χ3v) is 2.51. The van der Waals surface area contributed by atoms with E-state index in [0.717, 1.165) is 6.07 Å². The minimum absolute atomic E-state index is 0.